The van der Waals surface area contributed by atoms with Crippen LogP contribution in [0.3, 0.4) is 0 Å². The molecule has 0 aliphatic heterocycles. The molecular weight excluding hydrogens is 251 g/mol. The van der Waals surface area contributed by atoms with Crippen LogP contribution in [0.1, 0.15) is 33.1 Å². The Bertz CT molecular complexity index is 78.6. The minimum atomic E-state index is 0. The summed E-state index contributed by atoms with van der Waals surface area (Å²) in [6.45, 7) is 4.45. The number of hydrogen-bond acceptors (Lipinski definition) is 2. The molecule has 12 heavy (non-hydrogen) atoms. The van der Waals surface area contributed by atoms with Crippen molar-refractivity contribution in [1.82, 2.24) is 10.6 Å². The molecular formula is C9H25InN2. The monoisotopic (exact) mass is 276 g/mol. The van der Waals surface area contributed by atoms with Gasteiger partial charge in [0.2, 0.25) is 0 Å². The molecule has 0 spiro atoms. The van der Waals surface area contributed by atoms with E-state index in [1.807, 2.05) is 14.1 Å². The first-order valence-corrected chi connectivity index (χ1v) is 4.55. The third-order valence-corrected chi connectivity index (χ3v) is 2.26. The van der Waals surface area contributed by atoms with Crippen molar-refractivity contribution >= 4 is 25.8 Å². The third-order valence-electron chi connectivity index (χ3n) is 2.26. The predicted molar refractivity (Wildman–Crippen MR) is 60.8 cm³/mol. The second-order valence-electron chi connectivity index (χ2n) is 3.31. The topological polar surface area (TPSA) is 24.1 Å². The Balaban J connectivity index is 0. The van der Waals surface area contributed by atoms with Gasteiger partial charge in [0.25, 0.3) is 0 Å². The zero-order valence-electron chi connectivity index (χ0n) is 8.28. The van der Waals surface area contributed by atoms with Crippen molar-refractivity contribution < 1.29 is 0 Å². The van der Waals surface area contributed by atoms with E-state index < -0.39 is 0 Å². The summed E-state index contributed by atoms with van der Waals surface area (Å²) < 4.78 is 0. The van der Waals surface area contributed by atoms with Gasteiger partial charge in [-0.25, -0.2) is 0 Å². The Kier molecular flexibility index (Phi) is 12.6. The van der Waals surface area contributed by atoms with E-state index in [2.05, 4.69) is 24.5 Å². The van der Waals surface area contributed by atoms with Gasteiger partial charge in [-0.3, -0.25) is 0 Å². The van der Waals surface area contributed by atoms with Gasteiger partial charge in [-0.1, -0.05) is 6.42 Å². The second-order valence-corrected chi connectivity index (χ2v) is 3.31. The van der Waals surface area contributed by atoms with Crippen LogP contribution in [0.5, 0.6) is 0 Å². The second kappa shape index (κ2) is 9.87. The molecule has 0 bridgehead atoms. The standard InChI is InChI=1S/C9H22N2.In.3H/c1-8(10-3)6-5-7-9(2)11-4;;;;/h8-11H,5-7H2,1-4H3;;;;. The van der Waals surface area contributed by atoms with Crippen LogP contribution in [0, 0.1) is 0 Å². The Morgan fingerprint density at radius 1 is 0.917 bits per heavy atom. The molecule has 74 valence electrons. The Morgan fingerprint density at radius 3 is 1.50 bits per heavy atom. The number of hydrogen-bond donors (Lipinski definition) is 2. The van der Waals surface area contributed by atoms with Crippen molar-refractivity contribution in [2.24, 2.45) is 0 Å². The molecule has 0 aromatic heterocycles. The molecule has 0 rings (SSSR count). The zero-order valence-corrected chi connectivity index (χ0v) is 8.28. The summed E-state index contributed by atoms with van der Waals surface area (Å²) in [4.78, 5) is 0. The van der Waals surface area contributed by atoms with E-state index in [1.54, 1.807) is 0 Å². The van der Waals surface area contributed by atoms with E-state index in [9.17, 15) is 0 Å². The normalized spacial score (nSPS) is 15.0. The van der Waals surface area contributed by atoms with Gasteiger partial charge in [0, 0.05) is 12.1 Å². The van der Waals surface area contributed by atoms with Crippen molar-refractivity contribution in [3.8, 4) is 0 Å². The van der Waals surface area contributed by atoms with Crippen LogP contribution < -0.4 is 10.6 Å². The van der Waals surface area contributed by atoms with Gasteiger partial charge < -0.3 is 10.6 Å². The van der Waals surface area contributed by atoms with E-state index in [0.717, 1.165) is 0 Å². The molecule has 0 saturated carbocycles. The summed E-state index contributed by atoms with van der Waals surface area (Å²) in [6.07, 6.45) is 3.87. The van der Waals surface area contributed by atoms with Crippen LogP contribution in [-0.2, 0) is 0 Å². The average molecular weight is 276 g/mol. The van der Waals surface area contributed by atoms with Crippen LogP contribution in [0.4, 0.5) is 0 Å². The fourth-order valence-electron chi connectivity index (χ4n) is 1.02. The van der Waals surface area contributed by atoms with E-state index in [4.69, 9.17) is 0 Å². The molecule has 0 saturated heterocycles. The molecule has 0 aliphatic rings. The predicted octanol–water partition coefficient (Wildman–Crippen LogP) is 0.189. The summed E-state index contributed by atoms with van der Waals surface area (Å²) in [5, 5.41) is 6.47. The van der Waals surface area contributed by atoms with Crippen LogP contribution in [0.15, 0.2) is 0 Å². The Labute approximate surface area is 95.7 Å². The molecule has 0 aromatic rings. The first-order valence-electron chi connectivity index (χ1n) is 4.55. The first kappa shape index (κ1) is 15.3. The molecule has 2 N–H and O–H groups in total. The molecule has 2 unspecified atom stereocenters. The molecule has 0 heterocycles. The Morgan fingerprint density at radius 2 is 1.25 bits per heavy atom. The van der Waals surface area contributed by atoms with Gasteiger partial charge in [-0.2, -0.15) is 0 Å². The zero-order chi connectivity index (χ0) is 8.69. The van der Waals surface area contributed by atoms with Gasteiger partial charge in [-0.05, 0) is 40.8 Å². The van der Waals surface area contributed by atoms with Crippen molar-refractivity contribution in [2.75, 3.05) is 14.1 Å². The van der Waals surface area contributed by atoms with Crippen LogP contribution in [0.2, 0.25) is 0 Å². The van der Waals surface area contributed by atoms with E-state index in [1.165, 1.54) is 19.3 Å². The van der Waals surface area contributed by atoms with Gasteiger partial charge in [0.1, 0.15) is 0 Å². The van der Waals surface area contributed by atoms with E-state index in [-0.39, 0.29) is 25.8 Å². The quantitative estimate of drug-likeness (QED) is 0.723. The minimum absolute atomic E-state index is 0. The van der Waals surface area contributed by atoms with Crippen molar-refractivity contribution in [3.05, 3.63) is 0 Å². The van der Waals surface area contributed by atoms with Gasteiger partial charge in [0.05, 0.1) is 0 Å². The fourth-order valence-corrected chi connectivity index (χ4v) is 1.02. The van der Waals surface area contributed by atoms with Gasteiger partial charge in [0.15, 0.2) is 0 Å². The SMILES string of the molecule is CNC(C)CCCC(C)NC.[InH3]. The molecule has 0 aromatic carbocycles. The molecule has 2 nitrogen and oxygen atoms in total. The van der Waals surface area contributed by atoms with Crippen molar-refractivity contribution in [3.63, 3.8) is 0 Å². The molecule has 0 amide bonds. The molecule has 0 radical (unpaired) electrons. The molecule has 3 heteroatoms. The van der Waals surface area contributed by atoms with Crippen LogP contribution in [-0.4, -0.2) is 52.0 Å². The Hall–Kier alpha value is 0.790. The summed E-state index contributed by atoms with van der Waals surface area (Å²) >= 11 is 0. The summed E-state index contributed by atoms with van der Waals surface area (Å²) in [5.41, 5.74) is 0. The van der Waals surface area contributed by atoms with Crippen molar-refractivity contribution in [1.29, 1.82) is 0 Å². The van der Waals surface area contributed by atoms with E-state index >= 15 is 0 Å². The van der Waals surface area contributed by atoms with Crippen molar-refractivity contribution in [2.45, 2.75) is 45.2 Å². The van der Waals surface area contributed by atoms with Crippen LogP contribution in [0.25, 0.3) is 0 Å². The summed E-state index contributed by atoms with van der Waals surface area (Å²) in [5.74, 6) is 0. The maximum atomic E-state index is 3.24. The van der Waals surface area contributed by atoms with Crippen LogP contribution >= 0.6 is 0 Å². The summed E-state index contributed by atoms with van der Waals surface area (Å²) in [7, 11) is 4.04. The van der Waals surface area contributed by atoms with Gasteiger partial charge in [-0.15, -0.1) is 0 Å². The average Bonchev–Trinajstić information content (AvgIpc) is 2.04. The summed E-state index contributed by atoms with van der Waals surface area (Å²) in [6, 6.07) is 1.33. The van der Waals surface area contributed by atoms with Gasteiger partial charge >= 0.3 is 25.8 Å². The van der Waals surface area contributed by atoms with E-state index in [0.29, 0.717) is 12.1 Å². The molecule has 2 atom stereocenters. The number of rotatable bonds is 6. The molecule has 0 aliphatic carbocycles. The number of nitrogens with one attached hydrogen (secondary N) is 2. The fraction of sp³-hybridized carbons (Fsp3) is 1.00. The maximum absolute atomic E-state index is 3.24. The first-order chi connectivity index (χ1) is 5.20. The third kappa shape index (κ3) is 8.88. The molecule has 0 fully saturated rings.